The van der Waals surface area contributed by atoms with Gasteiger partial charge >= 0.3 is 0 Å². The molecule has 1 saturated carbocycles. The third-order valence-corrected chi connectivity index (χ3v) is 5.29. The Morgan fingerprint density at radius 3 is 2.68 bits per heavy atom. The van der Waals surface area contributed by atoms with Crippen molar-refractivity contribution in [2.24, 2.45) is 5.73 Å². The van der Waals surface area contributed by atoms with Gasteiger partial charge in [0.1, 0.15) is 18.5 Å². The molecule has 2 unspecified atom stereocenters. The van der Waals surface area contributed by atoms with Gasteiger partial charge in [0.15, 0.2) is 17.3 Å². The molecule has 1 fully saturated rings. The normalized spacial score (nSPS) is 22.0. The van der Waals surface area contributed by atoms with Gasteiger partial charge in [0, 0.05) is 36.8 Å². The fourth-order valence-corrected chi connectivity index (χ4v) is 3.91. The number of fused-ring (bicyclic) bond motifs is 3. The molecule has 6 nitrogen and oxygen atoms in total. The van der Waals surface area contributed by atoms with Crippen molar-refractivity contribution in [1.29, 1.82) is 0 Å². The van der Waals surface area contributed by atoms with E-state index in [1.807, 2.05) is 0 Å². The second-order valence-corrected chi connectivity index (χ2v) is 7.25. The SMILES string of the molecule is Fc1ccc(F)c(F)c1.NC1CCCC(N2Cc3nn4cncnc4c3C2)C1. The topological polar surface area (TPSA) is 72.3 Å². The summed E-state index contributed by atoms with van der Waals surface area (Å²) < 4.78 is 37.6. The highest BCUT2D eigenvalue weighted by atomic mass is 19.2. The number of hydrogen-bond donors (Lipinski definition) is 1. The lowest BCUT2D eigenvalue weighted by molar-refractivity contribution is 0.146. The number of rotatable bonds is 1. The van der Waals surface area contributed by atoms with Crippen molar-refractivity contribution in [1.82, 2.24) is 24.5 Å². The Hall–Kier alpha value is -2.52. The second-order valence-electron chi connectivity index (χ2n) is 7.25. The minimum Gasteiger partial charge on any atom is -0.328 e. The molecule has 2 N–H and O–H groups in total. The summed E-state index contributed by atoms with van der Waals surface area (Å²) in [5.41, 5.74) is 9.47. The quantitative estimate of drug-likeness (QED) is 0.647. The van der Waals surface area contributed by atoms with Gasteiger partial charge in [-0.05, 0) is 31.4 Å². The van der Waals surface area contributed by atoms with Gasteiger partial charge in [-0.15, -0.1) is 0 Å². The standard InChI is InChI=1S/C13H18N6.C6H3F3/c14-9-2-1-3-10(4-9)18-5-11-12(6-18)17-19-8-15-7-16-13(11)19;7-4-1-2-5(8)6(9)3-4/h7-10H,1-6,14H2;1-3H. The van der Waals surface area contributed by atoms with Crippen molar-refractivity contribution in [3.63, 3.8) is 0 Å². The first-order chi connectivity index (χ1) is 13.5. The van der Waals surface area contributed by atoms with E-state index in [4.69, 9.17) is 5.73 Å². The molecule has 1 aliphatic heterocycles. The fourth-order valence-electron chi connectivity index (χ4n) is 3.91. The lowest BCUT2D eigenvalue weighted by Crippen LogP contribution is -2.40. The third-order valence-electron chi connectivity index (χ3n) is 5.29. The Balaban J connectivity index is 0.000000181. The lowest BCUT2D eigenvalue weighted by Gasteiger charge is -2.33. The zero-order valence-corrected chi connectivity index (χ0v) is 15.2. The van der Waals surface area contributed by atoms with E-state index in [0.29, 0.717) is 18.2 Å². The largest absolute Gasteiger partial charge is 0.328 e. The molecule has 2 atom stereocenters. The molecular weight excluding hydrogens is 369 g/mol. The molecule has 0 bridgehead atoms. The van der Waals surface area contributed by atoms with Crippen LogP contribution in [0, 0.1) is 17.5 Å². The van der Waals surface area contributed by atoms with E-state index in [0.717, 1.165) is 43.0 Å². The van der Waals surface area contributed by atoms with E-state index < -0.39 is 17.5 Å². The summed E-state index contributed by atoms with van der Waals surface area (Å²) in [7, 11) is 0. The third kappa shape index (κ3) is 3.85. The van der Waals surface area contributed by atoms with Crippen LogP contribution in [0.2, 0.25) is 0 Å². The Labute approximate surface area is 160 Å². The van der Waals surface area contributed by atoms with Crippen LogP contribution in [-0.4, -0.2) is 36.6 Å². The first-order valence-electron chi connectivity index (χ1n) is 9.27. The van der Waals surface area contributed by atoms with Gasteiger partial charge in [0.2, 0.25) is 0 Å². The average molecular weight is 390 g/mol. The number of hydrogen-bond acceptors (Lipinski definition) is 5. The van der Waals surface area contributed by atoms with Gasteiger partial charge in [-0.3, -0.25) is 4.90 Å². The van der Waals surface area contributed by atoms with E-state index in [9.17, 15) is 13.2 Å². The minimum atomic E-state index is -1.16. The number of halogens is 3. The zero-order valence-electron chi connectivity index (χ0n) is 15.2. The molecular formula is C19H21F3N6. The molecule has 0 radical (unpaired) electrons. The molecule has 9 heteroatoms. The summed E-state index contributed by atoms with van der Waals surface area (Å²) in [6, 6.07) is 3.08. The van der Waals surface area contributed by atoms with Crippen LogP contribution in [0.1, 0.15) is 36.9 Å². The van der Waals surface area contributed by atoms with Crippen molar-refractivity contribution in [2.75, 3.05) is 0 Å². The van der Waals surface area contributed by atoms with Crippen LogP contribution in [0.4, 0.5) is 13.2 Å². The highest BCUT2D eigenvalue weighted by Gasteiger charge is 2.32. The van der Waals surface area contributed by atoms with E-state index in [-0.39, 0.29) is 0 Å². The smallest absolute Gasteiger partial charge is 0.163 e. The molecule has 1 aliphatic carbocycles. The van der Waals surface area contributed by atoms with Crippen molar-refractivity contribution >= 4 is 5.65 Å². The predicted octanol–water partition coefficient (Wildman–Crippen LogP) is 2.81. The molecule has 148 valence electrons. The van der Waals surface area contributed by atoms with Crippen molar-refractivity contribution in [3.05, 3.63) is 59.6 Å². The summed E-state index contributed by atoms with van der Waals surface area (Å²) in [5, 5.41) is 4.58. The molecule has 2 aromatic heterocycles. The number of nitrogens with zero attached hydrogens (tertiary/aromatic N) is 5. The van der Waals surface area contributed by atoms with Crippen molar-refractivity contribution in [3.8, 4) is 0 Å². The van der Waals surface area contributed by atoms with E-state index in [1.54, 1.807) is 17.2 Å². The van der Waals surface area contributed by atoms with Gasteiger partial charge in [0.25, 0.3) is 0 Å². The van der Waals surface area contributed by atoms with Gasteiger partial charge in [-0.25, -0.2) is 27.7 Å². The Kier molecular flexibility index (Phi) is 5.27. The van der Waals surface area contributed by atoms with Crippen LogP contribution in [0.3, 0.4) is 0 Å². The lowest BCUT2D eigenvalue weighted by atomic mass is 9.91. The maximum absolute atomic E-state index is 12.0. The van der Waals surface area contributed by atoms with E-state index in [2.05, 4.69) is 20.0 Å². The fraction of sp³-hybridized carbons (Fsp3) is 0.421. The molecule has 28 heavy (non-hydrogen) atoms. The minimum absolute atomic E-state index is 0.370. The van der Waals surface area contributed by atoms with Gasteiger partial charge in [-0.2, -0.15) is 5.10 Å². The number of benzene rings is 1. The van der Waals surface area contributed by atoms with Gasteiger partial charge in [-0.1, -0.05) is 6.42 Å². The van der Waals surface area contributed by atoms with Crippen LogP contribution in [0.5, 0.6) is 0 Å². The summed E-state index contributed by atoms with van der Waals surface area (Å²) in [6.07, 6.45) is 8.12. The summed E-state index contributed by atoms with van der Waals surface area (Å²) >= 11 is 0. The molecule has 0 saturated heterocycles. The van der Waals surface area contributed by atoms with Gasteiger partial charge in [0.05, 0.1) is 5.69 Å². The average Bonchev–Trinajstić information content (AvgIpc) is 3.24. The monoisotopic (exact) mass is 390 g/mol. The first-order valence-corrected chi connectivity index (χ1v) is 9.27. The maximum atomic E-state index is 12.0. The van der Waals surface area contributed by atoms with Crippen LogP contribution in [0.25, 0.3) is 5.65 Å². The predicted molar refractivity (Wildman–Crippen MR) is 96.6 cm³/mol. The molecule has 1 aromatic carbocycles. The van der Waals surface area contributed by atoms with Crippen LogP contribution in [0.15, 0.2) is 30.9 Å². The summed E-state index contributed by atoms with van der Waals surface area (Å²) in [6.45, 7) is 1.88. The Bertz CT molecular complexity index is 975. The van der Waals surface area contributed by atoms with Crippen LogP contribution >= 0.6 is 0 Å². The number of aromatic nitrogens is 4. The molecule has 0 spiro atoms. The van der Waals surface area contributed by atoms with Crippen molar-refractivity contribution < 1.29 is 13.2 Å². The highest BCUT2D eigenvalue weighted by Crippen LogP contribution is 2.31. The second kappa shape index (κ2) is 7.84. The van der Waals surface area contributed by atoms with Gasteiger partial charge < -0.3 is 5.73 Å². The maximum Gasteiger partial charge on any atom is 0.163 e. The highest BCUT2D eigenvalue weighted by molar-refractivity contribution is 5.50. The molecule has 3 heterocycles. The van der Waals surface area contributed by atoms with E-state index >= 15 is 0 Å². The Morgan fingerprint density at radius 1 is 1.07 bits per heavy atom. The summed E-state index contributed by atoms with van der Waals surface area (Å²) in [4.78, 5) is 10.9. The Morgan fingerprint density at radius 2 is 1.93 bits per heavy atom. The number of nitrogens with two attached hydrogens (primary N) is 1. The van der Waals surface area contributed by atoms with Crippen molar-refractivity contribution in [2.45, 2.75) is 50.9 Å². The molecule has 2 aliphatic rings. The van der Waals surface area contributed by atoms with Crippen LogP contribution < -0.4 is 5.73 Å². The van der Waals surface area contributed by atoms with Crippen LogP contribution in [-0.2, 0) is 13.1 Å². The molecule has 5 rings (SSSR count). The summed E-state index contributed by atoms with van der Waals surface area (Å²) in [5.74, 6) is -2.96. The zero-order chi connectivity index (χ0) is 19.7. The van der Waals surface area contributed by atoms with E-state index in [1.165, 1.54) is 24.8 Å². The molecule has 0 amide bonds. The molecule has 3 aromatic rings. The first kappa shape index (κ1) is 18.8.